The van der Waals surface area contributed by atoms with Gasteiger partial charge >= 0.3 is 5.97 Å². The quantitative estimate of drug-likeness (QED) is 0.802. The summed E-state index contributed by atoms with van der Waals surface area (Å²) < 4.78 is 13.4. The van der Waals surface area contributed by atoms with Gasteiger partial charge in [0.05, 0.1) is 5.52 Å². The van der Waals surface area contributed by atoms with E-state index in [1.807, 2.05) is 0 Å². The third-order valence-corrected chi connectivity index (χ3v) is 2.32. The molecule has 0 bridgehead atoms. The van der Waals surface area contributed by atoms with Gasteiger partial charge in [-0.1, -0.05) is 11.6 Å². The Morgan fingerprint density at radius 2 is 2.06 bits per heavy atom. The number of rotatable bonds is 1. The van der Waals surface area contributed by atoms with Crippen molar-refractivity contribution >= 4 is 28.5 Å². The number of hydrogen-bond acceptors (Lipinski definition) is 2. The lowest BCUT2D eigenvalue weighted by molar-refractivity contribution is 0.0695. The van der Waals surface area contributed by atoms with Crippen LogP contribution in [0, 0.1) is 5.82 Å². The number of fused-ring (bicyclic) bond motifs is 1. The van der Waals surface area contributed by atoms with Gasteiger partial charge in [0.15, 0.2) is 0 Å². The van der Waals surface area contributed by atoms with Crippen LogP contribution in [0.2, 0.25) is 5.02 Å². The van der Waals surface area contributed by atoms with Crippen LogP contribution in [-0.2, 0) is 0 Å². The van der Waals surface area contributed by atoms with Crippen LogP contribution >= 0.6 is 11.6 Å². The van der Waals surface area contributed by atoms with Crippen molar-refractivity contribution < 1.29 is 14.3 Å². The van der Waals surface area contributed by atoms with Crippen LogP contribution in [0.5, 0.6) is 0 Å². The number of carboxylic acids is 1. The van der Waals surface area contributed by atoms with E-state index >= 15 is 0 Å². The van der Waals surface area contributed by atoms with Crippen molar-refractivity contribution in [1.82, 2.24) is 4.98 Å². The molecule has 1 aromatic heterocycles. The van der Waals surface area contributed by atoms with E-state index < -0.39 is 22.9 Å². The Balaban J connectivity index is 2.90. The maximum atomic E-state index is 13.4. The molecule has 2 rings (SSSR count). The topological polar surface area (TPSA) is 70.2 Å². The normalized spacial score (nSPS) is 10.6. The minimum atomic E-state index is -1.37. The fourth-order valence-electron chi connectivity index (χ4n) is 1.40. The van der Waals surface area contributed by atoms with Crippen LogP contribution in [0.3, 0.4) is 0 Å². The molecular formula is C10H5ClFNO3. The number of nitrogens with one attached hydrogen (secondary N) is 1. The molecule has 0 saturated carbocycles. The molecular weight excluding hydrogens is 237 g/mol. The number of carbonyl (C=O) groups is 1. The average Bonchev–Trinajstić information content (AvgIpc) is 2.18. The zero-order valence-corrected chi connectivity index (χ0v) is 8.51. The highest BCUT2D eigenvalue weighted by Gasteiger charge is 2.12. The molecule has 0 aliphatic rings. The molecule has 1 heterocycles. The Labute approximate surface area is 93.3 Å². The molecule has 0 unspecified atom stereocenters. The van der Waals surface area contributed by atoms with Crippen molar-refractivity contribution in [2.75, 3.05) is 0 Å². The summed E-state index contributed by atoms with van der Waals surface area (Å²) >= 11 is 5.62. The Morgan fingerprint density at radius 1 is 1.38 bits per heavy atom. The molecule has 2 N–H and O–H groups in total. The fraction of sp³-hybridized carbons (Fsp3) is 0. The molecule has 2 aromatic rings. The van der Waals surface area contributed by atoms with Gasteiger partial charge in [-0.05, 0) is 18.2 Å². The number of aromatic amines is 1. The average molecular weight is 242 g/mol. The molecule has 16 heavy (non-hydrogen) atoms. The standard InChI is InChI=1S/C10H5ClFNO3/c11-5-1-4-2-6(10(15)16)9(14)13-8(4)7(12)3-5/h1-3H,(H,13,14)(H,15,16). The van der Waals surface area contributed by atoms with Crippen molar-refractivity contribution in [2.24, 2.45) is 0 Å². The van der Waals surface area contributed by atoms with Gasteiger partial charge in [-0.15, -0.1) is 0 Å². The zero-order chi connectivity index (χ0) is 11.9. The van der Waals surface area contributed by atoms with Crippen molar-refractivity contribution in [3.63, 3.8) is 0 Å². The molecule has 0 saturated heterocycles. The molecule has 1 aromatic carbocycles. The van der Waals surface area contributed by atoms with Gasteiger partial charge < -0.3 is 10.1 Å². The summed E-state index contributed by atoms with van der Waals surface area (Å²) in [7, 11) is 0. The number of H-pyrrole nitrogens is 1. The monoisotopic (exact) mass is 241 g/mol. The smallest absolute Gasteiger partial charge is 0.341 e. The van der Waals surface area contributed by atoms with Crippen LogP contribution < -0.4 is 5.56 Å². The predicted octanol–water partition coefficient (Wildman–Crippen LogP) is 2.02. The Hall–Kier alpha value is -1.88. The minimum Gasteiger partial charge on any atom is -0.477 e. The van der Waals surface area contributed by atoms with Gasteiger partial charge in [-0.3, -0.25) is 4.79 Å². The highest BCUT2D eigenvalue weighted by molar-refractivity contribution is 6.31. The summed E-state index contributed by atoms with van der Waals surface area (Å²) in [5, 5.41) is 9.09. The Kier molecular flexibility index (Phi) is 2.40. The van der Waals surface area contributed by atoms with Gasteiger partial charge in [0.1, 0.15) is 11.4 Å². The Bertz CT molecular complexity index is 650. The molecule has 0 fully saturated rings. The van der Waals surface area contributed by atoms with Crippen LogP contribution in [-0.4, -0.2) is 16.1 Å². The highest BCUT2D eigenvalue weighted by Crippen LogP contribution is 2.20. The number of aromatic nitrogens is 1. The highest BCUT2D eigenvalue weighted by atomic mass is 35.5. The summed E-state index contributed by atoms with van der Waals surface area (Å²) in [5.74, 6) is -2.07. The number of aromatic carboxylic acids is 1. The van der Waals surface area contributed by atoms with Crippen molar-refractivity contribution in [3.8, 4) is 0 Å². The van der Waals surface area contributed by atoms with Crippen LogP contribution in [0.15, 0.2) is 23.0 Å². The van der Waals surface area contributed by atoms with Gasteiger partial charge in [-0.2, -0.15) is 0 Å². The lowest BCUT2D eigenvalue weighted by Gasteiger charge is -2.01. The molecule has 0 atom stereocenters. The van der Waals surface area contributed by atoms with Crippen LogP contribution in [0.1, 0.15) is 10.4 Å². The van der Waals surface area contributed by atoms with E-state index in [9.17, 15) is 14.0 Å². The fourth-order valence-corrected chi connectivity index (χ4v) is 1.61. The summed E-state index contributed by atoms with van der Waals surface area (Å²) in [5.41, 5.74) is -1.35. The summed E-state index contributed by atoms with van der Waals surface area (Å²) in [4.78, 5) is 24.1. The van der Waals surface area contributed by atoms with Gasteiger partial charge in [-0.25, -0.2) is 9.18 Å². The van der Waals surface area contributed by atoms with Crippen molar-refractivity contribution in [2.45, 2.75) is 0 Å². The van der Waals surface area contributed by atoms with Crippen LogP contribution in [0.4, 0.5) is 4.39 Å². The third kappa shape index (κ3) is 1.65. The minimum absolute atomic E-state index is 0.0561. The lowest BCUT2D eigenvalue weighted by atomic mass is 10.1. The Morgan fingerprint density at radius 3 is 2.69 bits per heavy atom. The predicted molar refractivity (Wildman–Crippen MR) is 56.5 cm³/mol. The molecule has 4 nitrogen and oxygen atoms in total. The first kappa shape index (κ1) is 10.6. The molecule has 6 heteroatoms. The molecule has 0 amide bonds. The van der Waals surface area contributed by atoms with Gasteiger partial charge in [0, 0.05) is 10.4 Å². The summed E-state index contributed by atoms with van der Waals surface area (Å²) in [6.45, 7) is 0. The lowest BCUT2D eigenvalue weighted by Crippen LogP contribution is -2.17. The third-order valence-electron chi connectivity index (χ3n) is 2.10. The number of benzene rings is 1. The second-order valence-electron chi connectivity index (χ2n) is 3.17. The molecule has 0 spiro atoms. The van der Waals surface area contributed by atoms with Crippen molar-refractivity contribution in [1.29, 1.82) is 0 Å². The number of carboxylic acid groups (broad SMARTS) is 1. The number of hydrogen-bond donors (Lipinski definition) is 2. The number of pyridine rings is 1. The van der Waals surface area contributed by atoms with E-state index in [0.29, 0.717) is 0 Å². The summed E-state index contributed by atoms with van der Waals surface area (Å²) in [6.07, 6.45) is 0. The molecule has 82 valence electrons. The van der Waals surface area contributed by atoms with E-state index in [1.165, 1.54) is 6.07 Å². The van der Waals surface area contributed by atoms with E-state index in [2.05, 4.69) is 4.98 Å². The van der Waals surface area contributed by atoms with Crippen LogP contribution in [0.25, 0.3) is 10.9 Å². The van der Waals surface area contributed by atoms with Gasteiger partial charge in [0.2, 0.25) is 0 Å². The van der Waals surface area contributed by atoms with Gasteiger partial charge in [0.25, 0.3) is 5.56 Å². The first-order valence-corrected chi connectivity index (χ1v) is 4.62. The molecule has 0 aliphatic carbocycles. The van der Waals surface area contributed by atoms with E-state index in [4.69, 9.17) is 16.7 Å². The maximum absolute atomic E-state index is 13.4. The van der Waals surface area contributed by atoms with E-state index in [0.717, 1.165) is 12.1 Å². The second-order valence-corrected chi connectivity index (χ2v) is 3.61. The molecule has 0 aliphatic heterocycles. The largest absolute Gasteiger partial charge is 0.477 e. The molecule has 0 radical (unpaired) electrons. The summed E-state index contributed by atoms with van der Waals surface area (Å²) in [6, 6.07) is 3.51. The van der Waals surface area contributed by atoms with E-state index in [-0.39, 0.29) is 15.9 Å². The second kappa shape index (κ2) is 3.61. The maximum Gasteiger partial charge on any atom is 0.341 e. The first-order chi connectivity index (χ1) is 7.49. The zero-order valence-electron chi connectivity index (χ0n) is 7.75. The van der Waals surface area contributed by atoms with Crippen molar-refractivity contribution in [3.05, 3.63) is 45.0 Å². The van der Waals surface area contributed by atoms with E-state index in [1.54, 1.807) is 0 Å². The SMILES string of the molecule is O=C(O)c1cc2cc(Cl)cc(F)c2[nH]c1=O. The first-order valence-electron chi connectivity index (χ1n) is 4.24. The number of halogens is 2.